The maximum absolute atomic E-state index is 11.4. The van der Waals surface area contributed by atoms with Crippen molar-refractivity contribution in [3.05, 3.63) is 5.01 Å². The van der Waals surface area contributed by atoms with Gasteiger partial charge < -0.3 is 10.1 Å². The molecule has 2 N–H and O–H groups in total. The predicted octanol–water partition coefficient (Wildman–Crippen LogP) is 0.275. The molecule has 0 unspecified atom stereocenters. The van der Waals surface area contributed by atoms with Crippen LogP contribution >= 0.6 is 11.3 Å². The third-order valence-corrected chi connectivity index (χ3v) is 2.77. The Morgan fingerprint density at radius 3 is 2.94 bits per heavy atom. The maximum atomic E-state index is 11.4. The van der Waals surface area contributed by atoms with Gasteiger partial charge in [-0.1, -0.05) is 18.3 Å². The first-order valence-corrected chi connectivity index (χ1v) is 5.89. The zero-order valence-corrected chi connectivity index (χ0v) is 10.3. The number of carbonyl (C=O) groups is 1. The Bertz CT molecular complexity index is 329. The maximum Gasteiger partial charge on any atom is 0.240 e. The first-order chi connectivity index (χ1) is 7.76. The summed E-state index contributed by atoms with van der Waals surface area (Å²) >= 11 is 1.40. The molecule has 1 aromatic rings. The van der Waals surface area contributed by atoms with E-state index in [0.29, 0.717) is 18.3 Å². The number of amides is 1. The number of carbonyl (C=O) groups excluding carboxylic acids is 1. The molecule has 1 heterocycles. The molecular weight excluding hydrogens is 228 g/mol. The minimum absolute atomic E-state index is 0.116. The number of hydrogen-bond donors (Lipinski definition) is 2. The molecule has 0 aliphatic carbocycles. The van der Waals surface area contributed by atoms with Crippen molar-refractivity contribution in [2.45, 2.75) is 13.3 Å². The van der Waals surface area contributed by atoms with E-state index in [2.05, 4.69) is 20.8 Å². The summed E-state index contributed by atoms with van der Waals surface area (Å²) in [6.07, 6.45) is 0.833. The molecule has 6 nitrogen and oxygen atoms in total. The molecule has 0 fully saturated rings. The van der Waals surface area contributed by atoms with E-state index < -0.39 is 0 Å². The molecular formula is C9H16N4O2S. The lowest BCUT2D eigenvalue weighted by Crippen LogP contribution is -2.30. The van der Waals surface area contributed by atoms with Gasteiger partial charge >= 0.3 is 0 Å². The van der Waals surface area contributed by atoms with Crippen LogP contribution in [-0.4, -0.2) is 42.9 Å². The summed E-state index contributed by atoms with van der Waals surface area (Å²) < 4.78 is 4.85. The van der Waals surface area contributed by atoms with Crippen molar-refractivity contribution in [3.8, 4) is 0 Å². The van der Waals surface area contributed by atoms with Crippen molar-refractivity contribution in [1.29, 1.82) is 0 Å². The van der Waals surface area contributed by atoms with Crippen LogP contribution in [0.25, 0.3) is 0 Å². The Labute approximate surface area is 98.4 Å². The fourth-order valence-electron chi connectivity index (χ4n) is 0.987. The van der Waals surface area contributed by atoms with Crippen LogP contribution in [0.1, 0.15) is 11.9 Å². The van der Waals surface area contributed by atoms with Gasteiger partial charge in [0.2, 0.25) is 11.0 Å². The molecule has 0 aromatic carbocycles. The summed E-state index contributed by atoms with van der Waals surface area (Å²) in [5.74, 6) is -0.116. The zero-order chi connectivity index (χ0) is 11.8. The summed E-state index contributed by atoms with van der Waals surface area (Å²) in [6, 6.07) is 0. The lowest BCUT2D eigenvalue weighted by molar-refractivity contribution is -0.115. The van der Waals surface area contributed by atoms with Crippen LogP contribution in [0, 0.1) is 0 Å². The van der Waals surface area contributed by atoms with Crippen LogP contribution in [0.4, 0.5) is 5.13 Å². The van der Waals surface area contributed by atoms with Gasteiger partial charge in [0.1, 0.15) is 5.01 Å². The number of hydrogen-bond acceptors (Lipinski definition) is 6. The quantitative estimate of drug-likeness (QED) is 0.674. The van der Waals surface area contributed by atoms with Gasteiger partial charge in [0.25, 0.3) is 0 Å². The third-order valence-electron chi connectivity index (χ3n) is 1.78. The first-order valence-electron chi connectivity index (χ1n) is 5.08. The molecule has 16 heavy (non-hydrogen) atoms. The van der Waals surface area contributed by atoms with Crippen molar-refractivity contribution >= 4 is 22.4 Å². The van der Waals surface area contributed by atoms with Crippen LogP contribution in [0.15, 0.2) is 0 Å². The van der Waals surface area contributed by atoms with Crippen LogP contribution in [0.5, 0.6) is 0 Å². The number of anilines is 1. The second-order valence-corrected chi connectivity index (χ2v) is 4.13. The molecule has 0 aliphatic heterocycles. The highest BCUT2D eigenvalue weighted by atomic mass is 32.1. The Kier molecular flexibility index (Phi) is 5.91. The molecule has 1 aromatic heterocycles. The van der Waals surface area contributed by atoms with E-state index in [0.717, 1.165) is 11.4 Å². The van der Waals surface area contributed by atoms with Crippen molar-refractivity contribution in [3.63, 3.8) is 0 Å². The van der Waals surface area contributed by atoms with Crippen LogP contribution in [0.2, 0.25) is 0 Å². The molecule has 0 atom stereocenters. The van der Waals surface area contributed by atoms with Crippen LogP contribution < -0.4 is 10.6 Å². The van der Waals surface area contributed by atoms with Crippen molar-refractivity contribution in [2.24, 2.45) is 0 Å². The molecule has 7 heteroatoms. The number of rotatable bonds is 7. The highest BCUT2D eigenvalue weighted by Crippen LogP contribution is 2.14. The molecule has 90 valence electrons. The van der Waals surface area contributed by atoms with E-state index in [-0.39, 0.29) is 12.5 Å². The lowest BCUT2D eigenvalue weighted by atomic mass is 10.5. The van der Waals surface area contributed by atoms with Crippen molar-refractivity contribution in [2.75, 3.05) is 32.1 Å². The smallest absolute Gasteiger partial charge is 0.240 e. The summed E-state index contributed by atoms with van der Waals surface area (Å²) in [5, 5.41) is 14.9. The molecule has 0 bridgehead atoms. The van der Waals surface area contributed by atoms with Crippen LogP contribution in [0.3, 0.4) is 0 Å². The third kappa shape index (κ3) is 4.65. The summed E-state index contributed by atoms with van der Waals surface area (Å²) in [5.41, 5.74) is 0. The van der Waals surface area contributed by atoms with Gasteiger partial charge in [-0.2, -0.15) is 0 Å². The summed E-state index contributed by atoms with van der Waals surface area (Å²) in [4.78, 5) is 11.4. The topological polar surface area (TPSA) is 76.1 Å². The number of nitrogens with one attached hydrogen (secondary N) is 2. The minimum Gasteiger partial charge on any atom is -0.383 e. The Hall–Kier alpha value is -1.05. The lowest BCUT2D eigenvalue weighted by Gasteiger charge is -2.02. The average Bonchev–Trinajstić information content (AvgIpc) is 2.72. The van der Waals surface area contributed by atoms with Gasteiger partial charge in [0.15, 0.2) is 0 Å². The van der Waals surface area contributed by atoms with Gasteiger partial charge in [-0.15, -0.1) is 10.2 Å². The average molecular weight is 244 g/mol. The number of methoxy groups -OCH3 is 1. The van der Waals surface area contributed by atoms with Gasteiger partial charge in [0.05, 0.1) is 13.2 Å². The number of nitrogens with zero attached hydrogens (tertiary/aromatic N) is 2. The molecule has 0 aliphatic rings. The molecule has 1 rings (SSSR count). The van der Waals surface area contributed by atoms with Gasteiger partial charge in [-0.05, 0) is 6.42 Å². The van der Waals surface area contributed by atoms with Crippen molar-refractivity contribution in [1.82, 2.24) is 15.5 Å². The van der Waals surface area contributed by atoms with E-state index >= 15 is 0 Å². The molecule has 0 saturated heterocycles. The normalized spacial score (nSPS) is 10.4. The predicted molar refractivity (Wildman–Crippen MR) is 62.7 cm³/mol. The van der Waals surface area contributed by atoms with E-state index in [4.69, 9.17) is 4.74 Å². The molecule has 1 amide bonds. The highest BCUT2D eigenvalue weighted by molar-refractivity contribution is 7.15. The van der Waals surface area contributed by atoms with Gasteiger partial charge in [-0.3, -0.25) is 10.1 Å². The fraction of sp³-hybridized carbons (Fsp3) is 0.667. The van der Waals surface area contributed by atoms with Crippen LogP contribution in [-0.2, 0) is 16.0 Å². The van der Waals surface area contributed by atoms with E-state index in [1.807, 2.05) is 6.92 Å². The van der Waals surface area contributed by atoms with E-state index in [1.54, 1.807) is 7.11 Å². The summed E-state index contributed by atoms with van der Waals surface area (Å²) in [6.45, 7) is 3.50. The number of aromatic nitrogens is 2. The monoisotopic (exact) mass is 244 g/mol. The molecule has 0 saturated carbocycles. The second-order valence-electron chi connectivity index (χ2n) is 3.07. The van der Waals surface area contributed by atoms with E-state index in [1.165, 1.54) is 11.3 Å². The van der Waals surface area contributed by atoms with E-state index in [9.17, 15) is 4.79 Å². The molecule has 0 spiro atoms. The number of aryl methyl sites for hydroxylation is 1. The Morgan fingerprint density at radius 2 is 2.31 bits per heavy atom. The largest absolute Gasteiger partial charge is 0.383 e. The molecule has 0 radical (unpaired) electrons. The highest BCUT2D eigenvalue weighted by Gasteiger charge is 2.06. The number of ether oxygens (including phenoxy) is 1. The standard InChI is InChI=1S/C9H16N4O2S/c1-3-8-12-13-9(16-8)11-7(14)6-10-4-5-15-2/h10H,3-6H2,1-2H3,(H,11,13,14). The van der Waals surface area contributed by atoms with Crippen molar-refractivity contribution < 1.29 is 9.53 Å². The summed E-state index contributed by atoms with van der Waals surface area (Å²) in [7, 11) is 1.62. The van der Waals surface area contributed by atoms with Gasteiger partial charge in [0, 0.05) is 13.7 Å². The fourth-order valence-corrected chi connectivity index (χ4v) is 1.68. The first kappa shape index (κ1) is 13.0. The Balaban J connectivity index is 2.23. The minimum atomic E-state index is -0.116. The van der Waals surface area contributed by atoms with Gasteiger partial charge in [-0.25, -0.2) is 0 Å². The second kappa shape index (κ2) is 7.26. The Morgan fingerprint density at radius 1 is 1.50 bits per heavy atom. The zero-order valence-electron chi connectivity index (χ0n) is 9.45. The SMILES string of the molecule is CCc1nnc(NC(=O)CNCCOC)s1.